The number of carbonyl (C=O) groups is 2. The maximum absolute atomic E-state index is 11.9. The van der Waals surface area contributed by atoms with Gasteiger partial charge < -0.3 is 5.32 Å². The number of nitrogens with one attached hydrogen (secondary N) is 2. The molecule has 5 heteroatoms. The molecule has 0 radical (unpaired) electrons. The van der Waals surface area contributed by atoms with Gasteiger partial charge in [0.25, 0.3) is 0 Å². The van der Waals surface area contributed by atoms with E-state index in [-0.39, 0.29) is 11.8 Å². The summed E-state index contributed by atoms with van der Waals surface area (Å²) in [6, 6.07) is 0. The molecular formula is C17H24N2O3. The van der Waals surface area contributed by atoms with Crippen molar-refractivity contribution < 1.29 is 14.8 Å². The molecular weight excluding hydrogens is 280 g/mol. The molecule has 120 valence electrons. The zero-order chi connectivity index (χ0) is 16.2. The Bertz CT molecular complexity index is 490. The van der Waals surface area contributed by atoms with Gasteiger partial charge in [-0.25, -0.2) is 5.48 Å². The van der Waals surface area contributed by atoms with Gasteiger partial charge in [0, 0.05) is 25.0 Å². The number of carbonyl (C=O) groups excluding carboxylic acids is 2. The molecule has 0 atom stereocenters. The highest BCUT2D eigenvalue weighted by atomic mass is 16.5. The highest BCUT2D eigenvalue weighted by Gasteiger charge is 2.08. The molecule has 0 saturated carbocycles. The second kappa shape index (κ2) is 10.6. The van der Waals surface area contributed by atoms with Crippen LogP contribution in [0.15, 0.2) is 48.1 Å². The fraction of sp³-hybridized carbons (Fsp3) is 0.412. The quantitative estimate of drug-likeness (QED) is 0.265. The van der Waals surface area contributed by atoms with Crippen molar-refractivity contribution in [2.45, 2.75) is 38.5 Å². The van der Waals surface area contributed by atoms with E-state index in [0.29, 0.717) is 31.4 Å². The number of hydrogen-bond acceptors (Lipinski definition) is 3. The Labute approximate surface area is 131 Å². The SMILES string of the molecule is C=C(CC1=CCC=CC=C1)C(=O)NCCCCCC(=O)NO. The molecule has 5 nitrogen and oxygen atoms in total. The van der Waals surface area contributed by atoms with Crippen LogP contribution in [0.5, 0.6) is 0 Å². The molecule has 0 aromatic carbocycles. The maximum atomic E-state index is 11.9. The van der Waals surface area contributed by atoms with E-state index in [9.17, 15) is 9.59 Å². The third-order valence-corrected chi connectivity index (χ3v) is 3.30. The molecule has 0 bridgehead atoms. The van der Waals surface area contributed by atoms with Crippen LogP contribution in [-0.4, -0.2) is 23.6 Å². The van der Waals surface area contributed by atoms with Gasteiger partial charge in [0.05, 0.1) is 0 Å². The zero-order valence-electron chi connectivity index (χ0n) is 12.8. The number of hydroxylamine groups is 1. The summed E-state index contributed by atoms with van der Waals surface area (Å²) in [5.41, 5.74) is 3.25. The van der Waals surface area contributed by atoms with E-state index in [1.165, 1.54) is 0 Å². The van der Waals surface area contributed by atoms with Crippen LogP contribution >= 0.6 is 0 Å². The van der Waals surface area contributed by atoms with Crippen molar-refractivity contribution in [2.75, 3.05) is 6.54 Å². The Morgan fingerprint density at radius 2 is 2.05 bits per heavy atom. The van der Waals surface area contributed by atoms with Gasteiger partial charge in [-0.15, -0.1) is 0 Å². The molecule has 1 aliphatic rings. The van der Waals surface area contributed by atoms with E-state index < -0.39 is 0 Å². The molecule has 0 unspecified atom stereocenters. The van der Waals surface area contributed by atoms with E-state index in [1.807, 2.05) is 18.2 Å². The molecule has 0 aromatic heterocycles. The Balaban J connectivity index is 2.15. The summed E-state index contributed by atoms with van der Waals surface area (Å²) in [5.74, 6) is -0.503. The molecule has 0 aromatic rings. The van der Waals surface area contributed by atoms with Crippen molar-refractivity contribution in [1.82, 2.24) is 10.8 Å². The summed E-state index contributed by atoms with van der Waals surface area (Å²) in [6.07, 6.45) is 14.1. The van der Waals surface area contributed by atoms with Gasteiger partial charge in [0.1, 0.15) is 0 Å². The molecule has 0 fully saturated rings. The third kappa shape index (κ3) is 7.59. The Kier molecular flexibility index (Phi) is 8.60. The van der Waals surface area contributed by atoms with Crippen molar-refractivity contribution in [3.05, 3.63) is 48.1 Å². The van der Waals surface area contributed by atoms with Crippen molar-refractivity contribution in [2.24, 2.45) is 0 Å². The van der Waals surface area contributed by atoms with Crippen LogP contribution in [0, 0.1) is 0 Å². The van der Waals surface area contributed by atoms with Gasteiger partial charge in [-0.05, 0) is 24.8 Å². The number of rotatable bonds is 9. The molecule has 0 spiro atoms. The smallest absolute Gasteiger partial charge is 0.246 e. The summed E-state index contributed by atoms with van der Waals surface area (Å²) in [6.45, 7) is 4.41. The lowest BCUT2D eigenvalue weighted by Crippen LogP contribution is -2.26. The summed E-state index contributed by atoms with van der Waals surface area (Å²) >= 11 is 0. The number of unbranched alkanes of at least 4 members (excludes halogenated alkanes) is 2. The molecule has 22 heavy (non-hydrogen) atoms. The minimum absolute atomic E-state index is 0.125. The molecule has 1 aliphatic carbocycles. The average Bonchev–Trinajstić information content (AvgIpc) is 2.78. The summed E-state index contributed by atoms with van der Waals surface area (Å²) in [5, 5.41) is 11.2. The van der Waals surface area contributed by atoms with E-state index in [2.05, 4.69) is 24.0 Å². The lowest BCUT2D eigenvalue weighted by Gasteiger charge is -2.08. The van der Waals surface area contributed by atoms with Gasteiger partial charge in [-0.1, -0.05) is 43.4 Å². The third-order valence-electron chi connectivity index (χ3n) is 3.30. The van der Waals surface area contributed by atoms with Crippen LogP contribution < -0.4 is 10.8 Å². The standard InChI is InChI=1S/C17H24N2O3/c1-14(13-15-9-5-2-3-6-10-15)17(21)18-12-8-4-7-11-16(20)19-22/h2-3,5,9-10,22H,1,4,6-8,11-13H2,(H,18,21)(H,19,20). The fourth-order valence-corrected chi connectivity index (χ4v) is 2.05. The highest BCUT2D eigenvalue weighted by molar-refractivity contribution is 5.93. The first kappa shape index (κ1) is 17.9. The monoisotopic (exact) mass is 304 g/mol. The van der Waals surface area contributed by atoms with Gasteiger partial charge in [-0.3, -0.25) is 14.8 Å². The van der Waals surface area contributed by atoms with Crippen LogP contribution in [0.4, 0.5) is 0 Å². The van der Waals surface area contributed by atoms with Gasteiger partial charge in [0.15, 0.2) is 0 Å². The molecule has 0 aliphatic heterocycles. The minimum Gasteiger partial charge on any atom is -0.352 e. The van der Waals surface area contributed by atoms with E-state index >= 15 is 0 Å². The number of hydrogen-bond donors (Lipinski definition) is 3. The molecule has 3 N–H and O–H groups in total. The topological polar surface area (TPSA) is 78.4 Å². The van der Waals surface area contributed by atoms with Crippen LogP contribution in [0.1, 0.15) is 38.5 Å². The van der Waals surface area contributed by atoms with Crippen molar-refractivity contribution in [3.8, 4) is 0 Å². The largest absolute Gasteiger partial charge is 0.352 e. The summed E-state index contributed by atoms with van der Waals surface area (Å²) < 4.78 is 0. The molecule has 1 rings (SSSR count). The average molecular weight is 304 g/mol. The van der Waals surface area contributed by atoms with E-state index in [1.54, 1.807) is 5.48 Å². The highest BCUT2D eigenvalue weighted by Crippen LogP contribution is 2.14. The lowest BCUT2D eigenvalue weighted by atomic mass is 10.0. The second-order valence-electron chi connectivity index (χ2n) is 5.18. The van der Waals surface area contributed by atoms with Gasteiger partial charge in [0.2, 0.25) is 11.8 Å². The zero-order valence-corrected chi connectivity index (χ0v) is 12.8. The number of amides is 2. The Hall–Kier alpha value is -2.14. The number of allylic oxidation sites excluding steroid dienone is 6. The molecule has 0 saturated heterocycles. The van der Waals surface area contributed by atoms with Crippen molar-refractivity contribution in [1.29, 1.82) is 0 Å². The minimum atomic E-state index is -0.378. The Morgan fingerprint density at radius 1 is 1.23 bits per heavy atom. The van der Waals surface area contributed by atoms with Crippen molar-refractivity contribution >= 4 is 11.8 Å². The van der Waals surface area contributed by atoms with E-state index in [4.69, 9.17) is 5.21 Å². The summed E-state index contributed by atoms with van der Waals surface area (Å²) in [7, 11) is 0. The predicted molar refractivity (Wildman–Crippen MR) is 86.1 cm³/mol. The molecule has 2 amide bonds. The van der Waals surface area contributed by atoms with Crippen molar-refractivity contribution in [3.63, 3.8) is 0 Å². The summed E-state index contributed by atoms with van der Waals surface area (Å²) in [4.78, 5) is 22.7. The van der Waals surface area contributed by atoms with Crippen LogP contribution in [0.3, 0.4) is 0 Å². The van der Waals surface area contributed by atoms with Crippen LogP contribution in [0.2, 0.25) is 0 Å². The first-order valence-electron chi connectivity index (χ1n) is 7.54. The lowest BCUT2D eigenvalue weighted by molar-refractivity contribution is -0.129. The van der Waals surface area contributed by atoms with Gasteiger partial charge >= 0.3 is 0 Å². The van der Waals surface area contributed by atoms with E-state index in [0.717, 1.165) is 24.8 Å². The van der Waals surface area contributed by atoms with Gasteiger partial charge in [-0.2, -0.15) is 0 Å². The molecule has 0 heterocycles. The fourth-order valence-electron chi connectivity index (χ4n) is 2.05. The second-order valence-corrected chi connectivity index (χ2v) is 5.18. The first-order valence-corrected chi connectivity index (χ1v) is 7.54. The first-order chi connectivity index (χ1) is 10.6. The predicted octanol–water partition coefficient (Wildman–Crippen LogP) is 2.56. The van der Waals surface area contributed by atoms with Crippen LogP contribution in [-0.2, 0) is 9.59 Å². The normalized spacial score (nSPS) is 13.2. The Morgan fingerprint density at radius 3 is 2.82 bits per heavy atom. The maximum Gasteiger partial charge on any atom is 0.246 e. The van der Waals surface area contributed by atoms with Crippen LogP contribution in [0.25, 0.3) is 0 Å².